The standard InChI is InChI=1S/C18H26ClN5O/c1-3-20-18(21-10-6-12-24-13-7-11-23-24)22-14-15(2)25-17-9-5-4-8-16(17)19/h4-5,7-9,11,13,15H,3,6,10,12,14H2,1-2H3,(H2,20,21,22). The Hall–Kier alpha value is -2.21. The molecule has 0 bridgehead atoms. The van der Waals surface area contributed by atoms with Crippen LogP contribution in [0.25, 0.3) is 0 Å². The van der Waals surface area contributed by atoms with Crippen molar-refractivity contribution in [2.24, 2.45) is 4.99 Å². The molecule has 1 aromatic carbocycles. The van der Waals surface area contributed by atoms with Gasteiger partial charge in [0.2, 0.25) is 0 Å². The second-order valence-electron chi connectivity index (χ2n) is 5.63. The number of nitrogens with one attached hydrogen (secondary N) is 2. The molecule has 2 rings (SSSR count). The number of hydrogen-bond donors (Lipinski definition) is 2. The second-order valence-corrected chi connectivity index (χ2v) is 6.04. The summed E-state index contributed by atoms with van der Waals surface area (Å²) >= 11 is 6.11. The van der Waals surface area contributed by atoms with Crippen LogP contribution in [0.1, 0.15) is 20.3 Å². The summed E-state index contributed by atoms with van der Waals surface area (Å²) in [5, 5.41) is 11.4. The first-order valence-corrected chi connectivity index (χ1v) is 8.97. The molecule has 0 aliphatic rings. The number of hydrogen-bond acceptors (Lipinski definition) is 3. The zero-order chi connectivity index (χ0) is 17.9. The van der Waals surface area contributed by atoms with Gasteiger partial charge in [-0.25, -0.2) is 4.99 Å². The van der Waals surface area contributed by atoms with Gasteiger partial charge in [0.1, 0.15) is 11.9 Å². The van der Waals surface area contributed by atoms with Crippen molar-refractivity contribution in [3.63, 3.8) is 0 Å². The second kappa shape index (κ2) is 10.6. The van der Waals surface area contributed by atoms with Crippen LogP contribution >= 0.6 is 11.6 Å². The van der Waals surface area contributed by atoms with Crippen LogP contribution in [0.3, 0.4) is 0 Å². The van der Waals surface area contributed by atoms with Crippen molar-refractivity contribution in [2.45, 2.75) is 32.9 Å². The number of halogens is 1. The van der Waals surface area contributed by atoms with E-state index in [9.17, 15) is 0 Å². The summed E-state index contributed by atoms with van der Waals surface area (Å²) in [6, 6.07) is 9.40. The minimum atomic E-state index is -0.0700. The number of guanidine groups is 1. The van der Waals surface area contributed by atoms with Crippen LogP contribution < -0.4 is 15.4 Å². The first kappa shape index (κ1) is 19.1. The molecule has 2 aromatic rings. The smallest absolute Gasteiger partial charge is 0.191 e. The Labute approximate surface area is 154 Å². The van der Waals surface area contributed by atoms with E-state index in [-0.39, 0.29) is 6.10 Å². The SMILES string of the molecule is CCNC(=NCC(C)Oc1ccccc1Cl)NCCCn1cccn1. The lowest BCUT2D eigenvalue weighted by Gasteiger charge is -2.16. The van der Waals surface area contributed by atoms with Gasteiger partial charge >= 0.3 is 0 Å². The molecule has 7 heteroatoms. The summed E-state index contributed by atoms with van der Waals surface area (Å²) in [6.07, 6.45) is 4.66. The molecule has 1 heterocycles. The monoisotopic (exact) mass is 363 g/mol. The van der Waals surface area contributed by atoms with Crippen LogP contribution in [0.4, 0.5) is 0 Å². The van der Waals surface area contributed by atoms with Crippen molar-refractivity contribution in [3.8, 4) is 5.75 Å². The van der Waals surface area contributed by atoms with Crippen LogP contribution in [0, 0.1) is 0 Å². The average Bonchev–Trinajstić information content (AvgIpc) is 3.12. The summed E-state index contributed by atoms with van der Waals surface area (Å²) in [5.41, 5.74) is 0. The molecule has 1 unspecified atom stereocenters. The fourth-order valence-electron chi connectivity index (χ4n) is 2.24. The highest BCUT2D eigenvalue weighted by molar-refractivity contribution is 6.32. The molecule has 136 valence electrons. The molecule has 0 aliphatic carbocycles. The largest absolute Gasteiger partial charge is 0.487 e. The van der Waals surface area contributed by atoms with Gasteiger partial charge in [-0.3, -0.25) is 4.68 Å². The summed E-state index contributed by atoms with van der Waals surface area (Å²) < 4.78 is 7.76. The van der Waals surface area contributed by atoms with Crippen molar-refractivity contribution >= 4 is 17.6 Å². The number of aromatic nitrogens is 2. The van der Waals surface area contributed by atoms with Crippen molar-refractivity contribution in [1.29, 1.82) is 0 Å². The van der Waals surface area contributed by atoms with E-state index in [0.29, 0.717) is 17.3 Å². The average molecular weight is 364 g/mol. The Balaban J connectivity index is 1.76. The Morgan fingerprint density at radius 1 is 1.32 bits per heavy atom. The number of benzene rings is 1. The number of para-hydroxylation sites is 1. The number of nitrogens with zero attached hydrogens (tertiary/aromatic N) is 3. The minimum absolute atomic E-state index is 0.0700. The van der Waals surface area contributed by atoms with E-state index in [2.05, 4.69) is 20.7 Å². The fourth-order valence-corrected chi connectivity index (χ4v) is 2.42. The Morgan fingerprint density at radius 2 is 2.16 bits per heavy atom. The van der Waals surface area contributed by atoms with E-state index < -0.39 is 0 Å². The molecule has 0 saturated carbocycles. The van der Waals surface area contributed by atoms with Gasteiger partial charge in [0.15, 0.2) is 5.96 Å². The highest BCUT2D eigenvalue weighted by Gasteiger charge is 2.07. The van der Waals surface area contributed by atoms with Crippen LogP contribution in [0.2, 0.25) is 5.02 Å². The Bertz CT molecular complexity index is 645. The highest BCUT2D eigenvalue weighted by atomic mass is 35.5. The lowest BCUT2D eigenvalue weighted by molar-refractivity contribution is 0.230. The third kappa shape index (κ3) is 7.05. The minimum Gasteiger partial charge on any atom is -0.487 e. The predicted octanol–water partition coefficient (Wildman–Crippen LogP) is 2.95. The number of aryl methyl sites for hydroxylation is 1. The first-order chi connectivity index (χ1) is 12.2. The van der Waals surface area contributed by atoms with Gasteiger partial charge < -0.3 is 15.4 Å². The third-order valence-electron chi connectivity index (χ3n) is 3.43. The van der Waals surface area contributed by atoms with Gasteiger partial charge in [0, 0.05) is 32.0 Å². The van der Waals surface area contributed by atoms with E-state index in [4.69, 9.17) is 16.3 Å². The number of ether oxygens (including phenoxy) is 1. The normalized spacial score (nSPS) is 12.7. The van der Waals surface area contributed by atoms with Crippen LogP contribution in [0.5, 0.6) is 5.75 Å². The first-order valence-electron chi connectivity index (χ1n) is 8.60. The molecule has 0 radical (unpaired) electrons. The lowest BCUT2D eigenvalue weighted by Crippen LogP contribution is -2.38. The lowest BCUT2D eigenvalue weighted by atomic mass is 10.3. The zero-order valence-electron chi connectivity index (χ0n) is 14.8. The van der Waals surface area contributed by atoms with Crippen LogP contribution in [-0.2, 0) is 6.54 Å². The molecule has 25 heavy (non-hydrogen) atoms. The molecule has 1 atom stereocenters. The summed E-state index contributed by atoms with van der Waals surface area (Å²) in [6.45, 7) is 7.08. The molecule has 2 N–H and O–H groups in total. The Morgan fingerprint density at radius 3 is 2.88 bits per heavy atom. The van der Waals surface area contributed by atoms with Gasteiger partial charge in [-0.05, 0) is 38.5 Å². The molecule has 0 saturated heterocycles. The van der Waals surface area contributed by atoms with Crippen LogP contribution in [0.15, 0.2) is 47.7 Å². The summed E-state index contributed by atoms with van der Waals surface area (Å²) in [7, 11) is 0. The fraction of sp³-hybridized carbons (Fsp3) is 0.444. The maximum atomic E-state index is 6.11. The quantitative estimate of drug-likeness (QED) is 0.408. The maximum Gasteiger partial charge on any atom is 0.191 e. The molecule has 0 aliphatic heterocycles. The Kier molecular flexibility index (Phi) is 8.12. The van der Waals surface area contributed by atoms with Gasteiger partial charge in [0.05, 0.1) is 11.6 Å². The van der Waals surface area contributed by atoms with Gasteiger partial charge in [-0.1, -0.05) is 23.7 Å². The van der Waals surface area contributed by atoms with Gasteiger partial charge in [-0.15, -0.1) is 0 Å². The van der Waals surface area contributed by atoms with E-state index in [1.807, 2.05) is 55.1 Å². The van der Waals surface area contributed by atoms with Crippen molar-refractivity contribution in [2.75, 3.05) is 19.6 Å². The van der Waals surface area contributed by atoms with Gasteiger partial charge in [-0.2, -0.15) is 5.10 Å². The predicted molar refractivity (Wildman–Crippen MR) is 102 cm³/mol. The van der Waals surface area contributed by atoms with E-state index in [0.717, 1.165) is 32.0 Å². The van der Waals surface area contributed by atoms with E-state index in [1.165, 1.54) is 0 Å². The van der Waals surface area contributed by atoms with Crippen molar-refractivity contribution in [1.82, 2.24) is 20.4 Å². The number of rotatable bonds is 9. The van der Waals surface area contributed by atoms with Crippen molar-refractivity contribution < 1.29 is 4.74 Å². The molecule has 0 spiro atoms. The molecule has 0 fully saturated rings. The molecule has 1 aromatic heterocycles. The van der Waals surface area contributed by atoms with Crippen molar-refractivity contribution in [3.05, 3.63) is 47.7 Å². The molecule has 6 nitrogen and oxygen atoms in total. The summed E-state index contributed by atoms with van der Waals surface area (Å²) in [4.78, 5) is 4.58. The van der Waals surface area contributed by atoms with Crippen LogP contribution in [-0.4, -0.2) is 41.5 Å². The molecular formula is C18H26ClN5O. The van der Waals surface area contributed by atoms with E-state index in [1.54, 1.807) is 6.20 Å². The zero-order valence-corrected chi connectivity index (χ0v) is 15.5. The van der Waals surface area contributed by atoms with Gasteiger partial charge in [0.25, 0.3) is 0 Å². The summed E-state index contributed by atoms with van der Waals surface area (Å²) in [5.74, 6) is 1.47. The topological polar surface area (TPSA) is 63.5 Å². The van der Waals surface area contributed by atoms with E-state index >= 15 is 0 Å². The molecule has 0 amide bonds. The maximum absolute atomic E-state index is 6.11. The third-order valence-corrected chi connectivity index (χ3v) is 3.74. The number of aliphatic imine (C=N–C) groups is 1. The molecular weight excluding hydrogens is 338 g/mol. The highest BCUT2D eigenvalue weighted by Crippen LogP contribution is 2.24.